The quantitative estimate of drug-likeness (QED) is 0.234. The number of nitrogen functional groups attached to an aromatic ring is 1. The van der Waals surface area contributed by atoms with Gasteiger partial charge in [0.15, 0.2) is 0 Å². The van der Waals surface area contributed by atoms with Gasteiger partial charge in [-0.15, -0.1) is 0 Å². The van der Waals surface area contributed by atoms with Gasteiger partial charge in [0.2, 0.25) is 0 Å². The van der Waals surface area contributed by atoms with Crippen molar-refractivity contribution in [1.29, 1.82) is 0 Å². The number of piperidine rings is 1. The highest BCUT2D eigenvalue weighted by Crippen LogP contribution is 2.33. The molecule has 0 saturated carbocycles. The number of carbonyl (C=O) groups is 3. The van der Waals surface area contributed by atoms with Gasteiger partial charge in [-0.3, -0.25) is 9.80 Å². The molecule has 10 heteroatoms. The number of carbonyl (C=O) groups excluding carboxylic acids is 2. The summed E-state index contributed by atoms with van der Waals surface area (Å²) < 4.78 is 10.9. The molecule has 178 valence electrons. The van der Waals surface area contributed by atoms with Crippen LogP contribution in [0.25, 0.3) is 0 Å². The lowest BCUT2D eigenvalue weighted by atomic mass is 10.0. The number of rotatable bonds is 3. The van der Waals surface area contributed by atoms with Gasteiger partial charge in [-0.1, -0.05) is 22.6 Å². The average Bonchev–Trinajstić information content (AvgIpc) is 2.58. The van der Waals surface area contributed by atoms with E-state index < -0.39 is 29.4 Å². The lowest BCUT2D eigenvalue weighted by Gasteiger charge is -2.41. The van der Waals surface area contributed by atoms with E-state index in [1.165, 1.54) is 17.0 Å². The molecule has 0 radical (unpaired) electrons. The van der Waals surface area contributed by atoms with Crippen LogP contribution in [0.3, 0.4) is 0 Å². The summed E-state index contributed by atoms with van der Waals surface area (Å²) in [6.45, 7) is 11.2. The van der Waals surface area contributed by atoms with Crippen LogP contribution >= 0.6 is 22.6 Å². The summed E-state index contributed by atoms with van der Waals surface area (Å²) in [7, 11) is 0. The molecular weight excluding hydrogens is 529 g/mol. The molecule has 2 rings (SSSR count). The summed E-state index contributed by atoms with van der Waals surface area (Å²) in [6.07, 6.45) is 0.0339. The Morgan fingerprint density at radius 1 is 1.12 bits per heavy atom. The topological polar surface area (TPSA) is 122 Å². The number of carboxylic acids is 1. The van der Waals surface area contributed by atoms with Crippen molar-refractivity contribution >= 4 is 52.1 Å². The molecule has 1 saturated heterocycles. The van der Waals surface area contributed by atoms with Crippen molar-refractivity contribution in [2.75, 3.05) is 17.2 Å². The zero-order valence-electron chi connectivity index (χ0n) is 19.3. The van der Waals surface area contributed by atoms with Crippen molar-refractivity contribution in [2.24, 2.45) is 0 Å². The molecule has 1 aliphatic heterocycles. The Kier molecular flexibility index (Phi) is 7.90. The molecule has 32 heavy (non-hydrogen) atoms. The molecule has 1 heterocycles. The maximum absolute atomic E-state index is 13.1. The third kappa shape index (κ3) is 6.88. The van der Waals surface area contributed by atoms with Crippen molar-refractivity contribution in [2.45, 2.75) is 75.7 Å². The smallest absolute Gasteiger partial charge is 0.415 e. The number of nitrogens with two attached hydrogens (primary N) is 1. The minimum atomic E-state index is -1.14. The van der Waals surface area contributed by atoms with E-state index in [9.17, 15) is 19.5 Å². The fourth-order valence-electron chi connectivity index (χ4n) is 3.33. The Hall–Kier alpha value is -2.24. The largest absolute Gasteiger partial charge is 0.478 e. The van der Waals surface area contributed by atoms with Crippen LogP contribution in [-0.4, -0.2) is 56.0 Å². The van der Waals surface area contributed by atoms with Crippen molar-refractivity contribution in [3.63, 3.8) is 0 Å². The number of hydrogen-bond acceptors (Lipinski definition) is 6. The van der Waals surface area contributed by atoms with Crippen LogP contribution in [0.5, 0.6) is 0 Å². The third-order valence-corrected chi connectivity index (χ3v) is 5.82. The Balaban J connectivity index is 2.32. The number of aromatic carboxylic acids is 1. The summed E-state index contributed by atoms with van der Waals surface area (Å²) in [5, 5.41) is 9.27. The number of ether oxygens (including phenoxy) is 2. The highest BCUT2D eigenvalue weighted by atomic mass is 127. The molecule has 0 bridgehead atoms. The standard InChI is InChI=1S/C22H32IN3O6/c1-21(2,3)31-19(29)25-10-9-14(12-17(25)23)26(20(30)32-22(4,5)6)13-7-8-15(18(27)28)16(24)11-13/h7-8,11,14,17H,9-10,12,24H2,1-6H3,(H,27,28). The Labute approximate surface area is 202 Å². The van der Waals surface area contributed by atoms with Crippen LogP contribution < -0.4 is 10.6 Å². The molecular formula is C22H32IN3O6. The Morgan fingerprint density at radius 2 is 1.72 bits per heavy atom. The number of benzene rings is 1. The molecule has 0 aromatic heterocycles. The van der Waals surface area contributed by atoms with E-state index in [-0.39, 0.29) is 21.3 Å². The number of halogens is 1. The average molecular weight is 561 g/mol. The van der Waals surface area contributed by atoms with E-state index in [4.69, 9.17) is 15.2 Å². The molecule has 2 atom stereocenters. The van der Waals surface area contributed by atoms with Crippen LogP contribution in [-0.2, 0) is 9.47 Å². The minimum Gasteiger partial charge on any atom is -0.478 e. The van der Waals surface area contributed by atoms with Gasteiger partial charge in [-0.25, -0.2) is 14.4 Å². The summed E-state index contributed by atoms with van der Waals surface area (Å²) in [5.41, 5.74) is 5.08. The molecule has 0 spiro atoms. The maximum Gasteiger partial charge on any atom is 0.415 e. The zero-order chi connectivity index (χ0) is 24.4. The van der Waals surface area contributed by atoms with Crippen LogP contribution in [0, 0.1) is 0 Å². The number of likely N-dealkylation sites (tertiary alicyclic amines) is 1. The summed E-state index contributed by atoms with van der Waals surface area (Å²) >= 11 is 2.17. The lowest BCUT2D eigenvalue weighted by molar-refractivity contribution is 0.0183. The highest BCUT2D eigenvalue weighted by molar-refractivity contribution is 14.1. The summed E-state index contributed by atoms with van der Waals surface area (Å²) in [6, 6.07) is 4.12. The van der Waals surface area contributed by atoms with Crippen molar-refractivity contribution < 1.29 is 29.0 Å². The Morgan fingerprint density at radius 3 is 2.19 bits per heavy atom. The summed E-state index contributed by atoms with van der Waals surface area (Å²) in [5.74, 6) is -1.14. The molecule has 1 aliphatic rings. The predicted octanol–water partition coefficient (Wildman–Crippen LogP) is 4.87. The van der Waals surface area contributed by atoms with Gasteiger partial charge < -0.3 is 20.3 Å². The first kappa shape index (κ1) is 26.0. The lowest BCUT2D eigenvalue weighted by Crippen LogP contribution is -2.53. The molecule has 1 fully saturated rings. The van der Waals surface area contributed by atoms with E-state index in [0.717, 1.165) is 0 Å². The van der Waals surface area contributed by atoms with E-state index in [1.54, 1.807) is 31.7 Å². The number of carboxylic acid groups (broad SMARTS) is 1. The van der Waals surface area contributed by atoms with Crippen LogP contribution in [0.4, 0.5) is 21.0 Å². The van der Waals surface area contributed by atoms with Crippen molar-refractivity contribution in [3.8, 4) is 0 Å². The van der Waals surface area contributed by atoms with Crippen LogP contribution in [0.15, 0.2) is 18.2 Å². The molecule has 0 aliphatic carbocycles. The molecule has 9 nitrogen and oxygen atoms in total. The van der Waals surface area contributed by atoms with Crippen molar-refractivity contribution in [3.05, 3.63) is 23.8 Å². The monoisotopic (exact) mass is 561 g/mol. The van der Waals surface area contributed by atoms with Crippen LogP contribution in [0.1, 0.15) is 64.7 Å². The number of anilines is 2. The second-order valence-electron chi connectivity index (χ2n) is 9.71. The molecule has 2 amide bonds. The number of alkyl halides is 1. The predicted molar refractivity (Wildman–Crippen MR) is 130 cm³/mol. The second-order valence-corrected chi connectivity index (χ2v) is 11.2. The highest BCUT2D eigenvalue weighted by Gasteiger charge is 2.38. The minimum absolute atomic E-state index is 0.0376. The first-order valence-electron chi connectivity index (χ1n) is 10.4. The molecule has 1 aromatic rings. The van der Waals surface area contributed by atoms with E-state index in [1.807, 2.05) is 20.8 Å². The first-order valence-corrected chi connectivity index (χ1v) is 11.6. The van der Waals surface area contributed by atoms with Gasteiger partial charge in [-0.2, -0.15) is 0 Å². The number of nitrogens with zero attached hydrogens (tertiary/aromatic N) is 2. The normalized spacial score (nSPS) is 19.3. The second kappa shape index (κ2) is 9.72. The molecule has 3 N–H and O–H groups in total. The maximum atomic E-state index is 13.1. The fourth-order valence-corrected chi connectivity index (χ4v) is 4.42. The first-order chi connectivity index (χ1) is 14.6. The van der Waals surface area contributed by atoms with Crippen LogP contribution in [0.2, 0.25) is 0 Å². The van der Waals surface area contributed by atoms with E-state index in [2.05, 4.69) is 22.6 Å². The third-order valence-electron chi connectivity index (χ3n) is 4.64. The van der Waals surface area contributed by atoms with E-state index in [0.29, 0.717) is 25.1 Å². The fraction of sp³-hybridized carbons (Fsp3) is 0.591. The van der Waals surface area contributed by atoms with Gasteiger partial charge in [0.25, 0.3) is 0 Å². The van der Waals surface area contributed by atoms with E-state index >= 15 is 0 Å². The van der Waals surface area contributed by atoms with Gasteiger partial charge in [0.05, 0.1) is 9.61 Å². The van der Waals surface area contributed by atoms with Gasteiger partial charge in [0, 0.05) is 24.0 Å². The van der Waals surface area contributed by atoms with Gasteiger partial charge in [-0.05, 0) is 72.6 Å². The zero-order valence-corrected chi connectivity index (χ0v) is 21.5. The molecule has 1 aromatic carbocycles. The SMILES string of the molecule is CC(C)(C)OC(=O)N1CCC(N(C(=O)OC(C)(C)C)c2ccc(C(=O)O)c(N)c2)CC1I. The van der Waals surface area contributed by atoms with Crippen molar-refractivity contribution in [1.82, 2.24) is 4.90 Å². The van der Waals surface area contributed by atoms with Gasteiger partial charge >= 0.3 is 18.2 Å². The summed E-state index contributed by atoms with van der Waals surface area (Å²) in [4.78, 5) is 40.2. The number of amides is 2. The Bertz CT molecular complexity index is 877. The number of hydrogen-bond donors (Lipinski definition) is 2. The van der Waals surface area contributed by atoms with Gasteiger partial charge in [0.1, 0.15) is 11.2 Å². The molecule has 2 unspecified atom stereocenters.